The Hall–Kier alpha value is -1.62. The van der Waals surface area contributed by atoms with E-state index in [-0.39, 0.29) is 29.7 Å². The van der Waals surface area contributed by atoms with E-state index in [1.165, 1.54) is 0 Å². The van der Waals surface area contributed by atoms with Crippen LogP contribution < -0.4 is 0 Å². The smallest absolute Gasteiger partial charge is 0.334 e. The number of hydrogen-bond donors (Lipinski definition) is 0. The van der Waals surface area contributed by atoms with Crippen LogP contribution in [0.4, 0.5) is 0 Å². The van der Waals surface area contributed by atoms with Crippen molar-refractivity contribution in [2.75, 3.05) is 0 Å². The first kappa shape index (κ1) is 12.1. The summed E-state index contributed by atoms with van der Waals surface area (Å²) in [5, 5.41) is 0. The van der Waals surface area contributed by atoms with Gasteiger partial charge in [-0.2, -0.15) is 0 Å². The predicted octanol–water partition coefficient (Wildman–Crippen LogP) is 1.28. The molecule has 2 bridgehead atoms. The summed E-state index contributed by atoms with van der Waals surface area (Å²) in [4.78, 5) is 23.7. The molecule has 0 saturated carbocycles. The van der Waals surface area contributed by atoms with Gasteiger partial charge in [0.15, 0.2) is 0 Å². The molecule has 106 valence electrons. The average Bonchev–Trinajstić information content (AvgIpc) is 2.74. The summed E-state index contributed by atoms with van der Waals surface area (Å²) in [6.07, 6.45) is 3.30. The summed E-state index contributed by atoms with van der Waals surface area (Å²) >= 11 is 0. The molecule has 2 fully saturated rings. The van der Waals surface area contributed by atoms with Crippen molar-refractivity contribution in [3.8, 4) is 0 Å². The van der Waals surface area contributed by atoms with E-state index in [2.05, 4.69) is 6.58 Å². The lowest BCUT2D eigenvalue weighted by atomic mass is 9.83. The molecule has 0 amide bonds. The van der Waals surface area contributed by atoms with Crippen LogP contribution in [-0.4, -0.2) is 35.9 Å². The van der Waals surface area contributed by atoms with Crippen LogP contribution in [0, 0.1) is 5.92 Å². The normalized spacial score (nSPS) is 46.0. The predicted molar refractivity (Wildman–Crippen MR) is 67.6 cm³/mol. The molecule has 0 N–H and O–H groups in total. The lowest BCUT2D eigenvalue weighted by molar-refractivity contribution is -0.143. The van der Waals surface area contributed by atoms with Crippen LogP contribution in [0.25, 0.3) is 0 Å². The average molecular weight is 276 g/mol. The molecular weight excluding hydrogens is 260 g/mol. The van der Waals surface area contributed by atoms with Gasteiger partial charge in [0.1, 0.15) is 12.2 Å². The van der Waals surface area contributed by atoms with Gasteiger partial charge in [0.25, 0.3) is 0 Å². The minimum absolute atomic E-state index is 0.126. The van der Waals surface area contributed by atoms with Crippen molar-refractivity contribution in [1.82, 2.24) is 0 Å². The quantitative estimate of drug-likeness (QED) is 0.379. The van der Waals surface area contributed by atoms with Crippen molar-refractivity contribution in [3.05, 3.63) is 23.8 Å². The second-order valence-electron chi connectivity index (χ2n) is 6.22. The summed E-state index contributed by atoms with van der Waals surface area (Å²) in [7, 11) is 0. The molecule has 5 atom stereocenters. The molecule has 0 unspecified atom stereocenters. The van der Waals surface area contributed by atoms with Gasteiger partial charge in [-0.05, 0) is 25.8 Å². The van der Waals surface area contributed by atoms with Crippen LogP contribution >= 0.6 is 0 Å². The summed E-state index contributed by atoms with van der Waals surface area (Å²) < 4.78 is 16.6. The molecular formula is C15H16O5. The highest BCUT2D eigenvalue weighted by molar-refractivity contribution is 5.93. The van der Waals surface area contributed by atoms with Gasteiger partial charge in [0.05, 0.1) is 17.6 Å². The number of ether oxygens (including phenoxy) is 3. The fraction of sp³-hybridized carbons (Fsp3) is 0.600. The Labute approximate surface area is 116 Å². The highest BCUT2D eigenvalue weighted by Gasteiger charge is 2.58. The SMILES string of the molecule is C=C1C(=O)O[C@H]2C[C@@]3(C)O[C@@H]3CCC3=C[C@@H](OC3=O)[C@H]12. The van der Waals surface area contributed by atoms with Gasteiger partial charge in [0, 0.05) is 17.6 Å². The zero-order valence-corrected chi connectivity index (χ0v) is 11.3. The molecule has 2 saturated heterocycles. The summed E-state index contributed by atoms with van der Waals surface area (Å²) in [5.74, 6) is -0.966. The highest BCUT2D eigenvalue weighted by atomic mass is 16.6. The van der Waals surface area contributed by atoms with Crippen molar-refractivity contribution in [2.45, 2.75) is 50.1 Å². The Morgan fingerprint density at radius 3 is 2.90 bits per heavy atom. The van der Waals surface area contributed by atoms with Gasteiger partial charge in [-0.3, -0.25) is 0 Å². The van der Waals surface area contributed by atoms with Crippen molar-refractivity contribution in [2.24, 2.45) is 5.92 Å². The molecule has 0 radical (unpaired) electrons. The lowest BCUT2D eigenvalue weighted by Gasteiger charge is -2.23. The third kappa shape index (κ3) is 1.59. The van der Waals surface area contributed by atoms with Gasteiger partial charge in [0.2, 0.25) is 0 Å². The fourth-order valence-corrected chi connectivity index (χ4v) is 3.61. The number of fused-ring (bicyclic) bond motifs is 4. The Morgan fingerprint density at radius 2 is 2.10 bits per heavy atom. The topological polar surface area (TPSA) is 65.1 Å². The minimum atomic E-state index is -0.430. The molecule has 0 aromatic heterocycles. The maximum Gasteiger partial charge on any atom is 0.334 e. The number of epoxide rings is 1. The first-order valence-electron chi connectivity index (χ1n) is 6.97. The Balaban J connectivity index is 1.73. The van der Waals surface area contributed by atoms with Crippen LogP contribution in [0.15, 0.2) is 23.8 Å². The summed E-state index contributed by atoms with van der Waals surface area (Å²) in [6, 6.07) is 0. The van der Waals surface area contributed by atoms with Gasteiger partial charge in [-0.1, -0.05) is 6.58 Å². The number of carbonyl (C=O) groups excluding carboxylic acids is 2. The molecule has 5 nitrogen and oxygen atoms in total. The van der Waals surface area contributed by atoms with Crippen LogP contribution in [0.3, 0.4) is 0 Å². The van der Waals surface area contributed by atoms with E-state index in [1.54, 1.807) is 0 Å². The van der Waals surface area contributed by atoms with Crippen LogP contribution in [0.2, 0.25) is 0 Å². The van der Waals surface area contributed by atoms with Crippen LogP contribution in [-0.2, 0) is 23.8 Å². The molecule has 4 aliphatic rings. The lowest BCUT2D eigenvalue weighted by Crippen LogP contribution is -2.32. The number of rotatable bonds is 0. The molecule has 0 aromatic carbocycles. The zero-order valence-electron chi connectivity index (χ0n) is 11.3. The summed E-state index contributed by atoms with van der Waals surface area (Å²) in [6.45, 7) is 5.85. The minimum Gasteiger partial charge on any atom is -0.458 e. The number of esters is 2. The molecule has 20 heavy (non-hydrogen) atoms. The monoisotopic (exact) mass is 276 g/mol. The van der Waals surface area contributed by atoms with E-state index in [4.69, 9.17) is 14.2 Å². The van der Waals surface area contributed by atoms with E-state index >= 15 is 0 Å². The molecule has 5 heteroatoms. The van der Waals surface area contributed by atoms with Crippen molar-refractivity contribution in [1.29, 1.82) is 0 Å². The zero-order chi connectivity index (χ0) is 14.1. The Morgan fingerprint density at radius 1 is 1.30 bits per heavy atom. The number of hydrogen-bond acceptors (Lipinski definition) is 5. The third-order valence-electron chi connectivity index (χ3n) is 4.87. The Bertz CT molecular complexity index is 563. The highest BCUT2D eigenvalue weighted by Crippen LogP contribution is 2.49. The Kier molecular flexibility index (Phi) is 2.26. The maximum absolute atomic E-state index is 11.9. The van der Waals surface area contributed by atoms with Gasteiger partial charge >= 0.3 is 11.9 Å². The molecule has 4 rings (SSSR count). The maximum atomic E-state index is 11.9. The largest absolute Gasteiger partial charge is 0.458 e. The first-order chi connectivity index (χ1) is 9.48. The van der Waals surface area contributed by atoms with Crippen molar-refractivity contribution >= 4 is 11.9 Å². The van der Waals surface area contributed by atoms with Crippen LogP contribution in [0.5, 0.6) is 0 Å². The van der Waals surface area contributed by atoms with E-state index in [0.29, 0.717) is 24.0 Å². The molecule has 0 aromatic rings. The van der Waals surface area contributed by atoms with Gasteiger partial charge < -0.3 is 14.2 Å². The van der Waals surface area contributed by atoms with Crippen molar-refractivity contribution < 1.29 is 23.8 Å². The van der Waals surface area contributed by atoms with Gasteiger partial charge in [-0.15, -0.1) is 0 Å². The van der Waals surface area contributed by atoms with Gasteiger partial charge in [-0.25, -0.2) is 9.59 Å². The second kappa shape index (κ2) is 3.73. The molecule has 3 aliphatic heterocycles. The molecule has 3 heterocycles. The third-order valence-corrected chi connectivity index (χ3v) is 4.87. The van der Waals surface area contributed by atoms with Crippen LogP contribution in [0.1, 0.15) is 26.2 Å². The molecule has 0 spiro atoms. The van der Waals surface area contributed by atoms with Crippen molar-refractivity contribution in [3.63, 3.8) is 0 Å². The number of carbonyl (C=O) groups is 2. The van der Waals surface area contributed by atoms with E-state index in [9.17, 15) is 9.59 Å². The van der Waals surface area contributed by atoms with E-state index in [1.807, 2.05) is 13.0 Å². The van der Waals surface area contributed by atoms with E-state index < -0.39 is 12.1 Å². The molecule has 1 aliphatic carbocycles. The second-order valence-corrected chi connectivity index (χ2v) is 6.22. The fourth-order valence-electron chi connectivity index (χ4n) is 3.61. The standard InChI is InChI=1S/C15H16O5/c1-7-12-9-5-8(14(17)18-9)3-4-11-15(2,20-11)6-10(12)19-13(7)16/h5,9-12H,1,3-4,6H2,2H3/t9-,10+,11-,12+,15-/m1/s1. The van der Waals surface area contributed by atoms with E-state index in [0.717, 1.165) is 6.42 Å². The summed E-state index contributed by atoms with van der Waals surface area (Å²) in [5.41, 5.74) is 0.820. The first-order valence-corrected chi connectivity index (χ1v) is 6.97.